The van der Waals surface area contributed by atoms with Crippen molar-refractivity contribution in [3.63, 3.8) is 0 Å². The van der Waals surface area contributed by atoms with Gasteiger partial charge in [0.1, 0.15) is 5.69 Å². The molecule has 0 radical (unpaired) electrons. The minimum absolute atomic E-state index is 0.271. The summed E-state index contributed by atoms with van der Waals surface area (Å²) in [5.74, 6) is 0.126. The molecule has 2 N–H and O–H groups in total. The van der Waals surface area contributed by atoms with Crippen molar-refractivity contribution in [2.24, 2.45) is 0 Å². The van der Waals surface area contributed by atoms with Gasteiger partial charge in [-0.05, 0) is 30.7 Å². The Morgan fingerprint density at radius 1 is 1.38 bits per heavy atom. The van der Waals surface area contributed by atoms with Crippen LogP contribution in [0.5, 0.6) is 0 Å². The molecule has 0 saturated carbocycles. The SMILES string of the molecule is Cc1ccc(-c2nnco2)cc1NC(=O)c1cc(Cl)c[nH]1. The Kier molecular flexibility index (Phi) is 3.45. The van der Waals surface area contributed by atoms with Gasteiger partial charge in [-0.2, -0.15) is 0 Å². The molecule has 2 heterocycles. The van der Waals surface area contributed by atoms with Gasteiger partial charge in [0.05, 0.1) is 5.02 Å². The van der Waals surface area contributed by atoms with E-state index in [1.54, 1.807) is 18.3 Å². The number of carbonyl (C=O) groups is 1. The number of carbonyl (C=O) groups excluding carboxylic acids is 1. The van der Waals surface area contributed by atoms with Gasteiger partial charge in [0.25, 0.3) is 5.91 Å². The number of nitrogens with zero attached hydrogens (tertiary/aromatic N) is 2. The molecule has 0 spiro atoms. The second-order valence-electron chi connectivity index (χ2n) is 4.46. The average Bonchev–Trinajstić information content (AvgIpc) is 3.12. The number of aromatic nitrogens is 3. The van der Waals surface area contributed by atoms with E-state index in [0.29, 0.717) is 22.3 Å². The Hall–Kier alpha value is -2.60. The maximum atomic E-state index is 12.1. The standard InChI is InChI=1S/C14H11ClN4O2/c1-8-2-3-9(14-19-17-7-21-14)4-11(8)18-13(20)12-5-10(15)6-16-12/h2-7,16H,1H3,(H,18,20). The van der Waals surface area contributed by atoms with Crippen LogP contribution >= 0.6 is 11.6 Å². The molecule has 1 amide bonds. The highest BCUT2D eigenvalue weighted by atomic mass is 35.5. The van der Waals surface area contributed by atoms with Crippen molar-refractivity contribution < 1.29 is 9.21 Å². The lowest BCUT2D eigenvalue weighted by Crippen LogP contribution is -2.13. The zero-order chi connectivity index (χ0) is 14.8. The molecule has 2 aromatic heterocycles. The van der Waals surface area contributed by atoms with Gasteiger partial charge in [-0.1, -0.05) is 17.7 Å². The monoisotopic (exact) mass is 302 g/mol. The van der Waals surface area contributed by atoms with Crippen LogP contribution in [-0.4, -0.2) is 21.1 Å². The summed E-state index contributed by atoms with van der Waals surface area (Å²) in [6, 6.07) is 7.07. The van der Waals surface area contributed by atoms with Crippen LogP contribution in [-0.2, 0) is 0 Å². The predicted octanol–water partition coefficient (Wildman–Crippen LogP) is 3.28. The van der Waals surface area contributed by atoms with Crippen LogP contribution in [0.1, 0.15) is 16.1 Å². The maximum Gasteiger partial charge on any atom is 0.272 e. The Morgan fingerprint density at radius 2 is 2.24 bits per heavy atom. The number of halogens is 1. The summed E-state index contributed by atoms with van der Waals surface area (Å²) in [5, 5.41) is 10.8. The van der Waals surface area contributed by atoms with Crippen LogP contribution in [0.4, 0.5) is 5.69 Å². The van der Waals surface area contributed by atoms with E-state index >= 15 is 0 Å². The number of benzene rings is 1. The summed E-state index contributed by atoms with van der Waals surface area (Å²) in [4.78, 5) is 14.9. The highest BCUT2D eigenvalue weighted by molar-refractivity contribution is 6.31. The molecular formula is C14H11ClN4O2. The van der Waals surface area contributed by atoms with E-state index in [9.17, 15) is 4.79 Å². The normalized spacial score (nSPS) is 10.6. The van der Waals surface area contributed by atoms with Crippen molar-refractivity contribution in [3.05, 3.63) is 53.1 Å². The van der Waals surface area contributed by atoms with Crippen molar-refractivity contribution in [1.29, 1.82) is 0 Å². The lowest BCUT2D eigenvalue weighted by Gasteiger charge is -2.08. The van der Waals surface area contributed by atoms with Crippen molar-refractivity contribution in [2.75, 3.05) is 5.32 Å². The van der Waals surface area contributed by atoms with Crippen LogP contribution in [0.3, 0.4) is 0 Å². The fourth-order valence-corrected chi connectivity index (χ4v) is 2.04. The number of rotatable bonds is 3. The third-order valence-electron chi connectivity index (χ3n) is 2.99. The second kappa shape index (κ2) is 5.41. The molecule has 7 heteroatoms. The van der Waals surface area contributed by atoms with E-state index in [1.165, 1.54) is 6.39 Å². The smallest absolute Gasteiger partial charge is 0.272 e. The summed E-state index contributed by atoms with van der Waals surface area (Å²) in [5.41, 5.74) is 2.71. The van der Waals surface area contributed by atoms with Crippen LogP contribution in [0, 0.1) is 6.92 Å². The van der Waals surface area contributed by atoms with Crippen LogP contribution in [0.2, 0.25) is 5.02 Å². The van der Waals surface area contributed by atoms with Gasteiger partial charge < -0.3 is 14.7 Å². The first-order chi connectivity index (χ1) is 10.1. The van der Waals surface area contributed by atoms with Crippen molar-refractivity contribution in [3.8, 4) is 11.5 Å². The highest BCUT2D eigenvalue weighted by Crippen LogP contribution is 2.24. The molecule has 21 heavy (non-hydrogen) atoms. The summed E-state index contributed by atoms with van der Waals surface area (Å²) in [7, 11) is 0. The molecule has 0 unspecified atom stereocenters. The summed E-state index contributed by atoms with van der Waals surface area (Å²) in [6.07, 6.45) is 2.81. The molecule has 106 valence electrons. The Bertz CT molecular complexity index is 780. The van der Waals surface area contributed by atoms with Crippen LogP contribution in [0.15, 0.2) is 41.3 Å². The number of anilines is 1. The first kappa shape index (κ1) is 13.4. The van der Waals surface area contributed by atoms with E-state index in [0.717, 1.165) is 11.1 Å². The number of nitrogens with one attached hydrogen (secondary N) is 2. The molecule has 3 rings (SSSR count). The van der Waals surface area contributed by atoms with Gasteiger partial charge in [0.2, 0.25) is 12.3 Å². The molecule has 0 saturated heterocycles. The van der Waals surface area contributed by atoms with E-state index in [4.69, 9.17) is 16.0 Å². The van der Waals surface area contributed by atoms with E-state index < -0.39 is 0 Å². The Morgan fingerprint density at radius 3 is 2.90 bits per heavy atom. The minimum atomic E-state index is -0.271. The number of aromatic amines is 1. The topological polar surface area (TPSA) is 83.8 Å². The maximum absolute atomic E-state index is 12.1. The van der Waals surface area contributed by atoms with Crippen molar-refractivity contribution in [1.82, 2.24) is 15.2 Å². The number of H-pyrrole nitrogens is 1. The fourth-order valence-electron chi connectivity index (χ4n) is 1.88. The lowest BCUT2D eigenvalue weighted by molar-refractivity contribution is 0.102. The van der Waals surface area contributed by atoms with Gasteiger partial charge in [0.15, 0.2) is 0 Å². The molecule has 3 aromatic rings. The zero-order valence-electron chi connectivity index (χ0n) is 11.1. The lowest BCUT2D eigenvalue weighted by atomic mass is 10.1. The summed E-state index contributed by atoms with van der Waals surface area (Å²) in [6.45, 7) is 1.90. The van der Waals surface area contributed by atoms with E-state index in [-0.39, 0.29) is 5.91 Å². The average molecular weight is 303 g/mol. The van der Waals surface area contributed by atoms with Gasteiger partial charge in [0, 0.05) is 17.4 Å². The molecule has 0 bridgehead atoms. The van der Waals surface area contributed by atoms with Crippen LogP contribution in [0.25, 0.3) is 11.5 Å². The predicted molar refractivity (Wildman–Crippen MR) is 78.2 cm³/mol. The number of aryl methyl sites for hydroxylation is 1. The fraction of sp³-hybridized carbons (Fsp3) is 0.0714. The Labute approximate surface area is 125 Å². The summed E-state index contributed by atoms with van der Waals surface area (Å²) >= 11 is 5.79. The number of amides is 1. The third kappa shape index (κ3) is 2.80. The van der Waals surface area contributed by atoms with E-state index in [2.05, 4.69) is 20.5 Å². The van der Waals surface area contributed by atoms with Gasteiger partial charge in [-0.25, -0.2) is 0 Å². The molecule has 1 aromatic carbocycles. The summed E-state index contributed by atoms with van der Waals surface area (Å²) < 4.78 is 5.15. The molecule has 0 aliphatic carbocycles. The minimum Gasteiger partial charge on any atom is -0.423 e. The van der Waals surface area contributed by atoms with E-state index in [1.807, 2.05) is 19.1 Å². The highest BCUT2D eigenvalue weighted by Gasteiger charge is 2.12. The largest absolute Gasteiger partial charge is 0.423 e. The second-order valence-corrected chi connectivity index (χ2v) is 4.90. The van der Waals surface area contributed by atoms with Gasteiger partial charge in [-0.3, -0.25) is 4.79 Å². The molecule has 0 atom stereocenters. The molecule has 0 aliphatic rings. The van der Waals surface area contributed by atoms with Crippen molar-refractivity contribution >= 4 is 23.2 Å². The van der Waals surface area contributed by atoms with Gasteiger partial charge >= 0.3 is 0 Å². The Balaban J connectivity index is 1.88. The molecular weight excluding hydrogens is 292 g/mol. The third-order valence-corrected chi connectivity index (χ3v) is 3.20. The number of hydrogen-bond donors (Lipinski definition) is 2. The molecule has 6 nitrogen and oxygen atoms in total. The molecule has 0 aliphatic heterocycles. The van der Waals surface area contributed by atoms with Crippen molar-refractivity contribution in [2.45, 2.75) is 6.92 Å². The van der Waals surface area contributed by atoms with Gasteiger partial charge in [-0.15, -0.1) is 10.2 Å². The first-order valence-corrected chi connectivity index (χ1v) is 6.54. The molecule has 0 fully saturated rings. The first-order valence-electron chi connectivity index (χ1n) is 6.16. The quantitative estimate of drug-likeness (QED) is 0.777. The zero-order valence-corrected chi connectivity index (χ0v) is 11.8. The van der Waals surface area contributed by atoms with Crippen LogP contribution < -0.4 is 5.32 Å². The number of hydrogen-bond acceptors (Lipinski definition) is 4.